The summed E-state index contributed by atoms with van der Waals surface area (Å²) in [6.07, 6.45) is 0. The first kappa shape index (κ1) is 40.5. The van der Waals surface area contributed by atoms with Gasteiger partial charge < -0.3 is 20.4 Å². The van der Waals surface area contributed by atoms with Gasteiger partial charge in [-0.15, -0.1) is 0 Å². The van der Waals surface area contributed by atoms with E-state index in [2.05, 4.69) is 79.3 Å². The van der Waals surface area contributed by atoms with Crippen LogP contribution in [0, 0.1) is 34.6 Å². The van der Waals surface area contributed by atoms with Gasteiger partial charge in [0.2, 0.25) is 0 Å². The molecule has 0 aliphatic rings. The Morgan fingerprint density at radius 3 is 1.34 bits per heavy atom. The molecule has 4 rings (SSSR count). The summed E-state index contributed by atoms with van der Waals surface area (Å²) in [5, 5.41) is 7.14. The number of rotatable bonds is 10. The molecule has 0 saturated carbocycles. The van der Waals surface area contributed by atoms with Crippen molar-refractivity contribution in [1.82, 2.24) is 20.4 Å². The van der Waals surface area contributed by atoms with Gasteiger partial charge in [-0.2, -0.15) is 0 Å². The summed E-state index contributed by atoms with van der Waals surface area (Å²) in [6.45, 7) is 18.5. The van der Waals surface area contributed by atoms with Gasteiger partial charge >= 0.3 is 0 Å². The molecule has 2 unspecified atom stereocenters. The van der Waals surface area contributed by atoms with Crippen molar-refractivity contribution >= 4 is 23.4 Å². The minimum Gasteiger partial charge on any atom is -0.343 e. The fourth-order valence-corrected chi connectivity index (χ4v) is 6.42. The smallest absolute Gasteiger partial charge is 0.252 e. The first-order chi connectivity index (χ1) is 23.3. The highest BCUT2D eigenvalue weighted by Gasteiger charge is 2.36. The summed E-state index contributed by atoms with van der Waals surface area (Å²) in [5.74, 6) is -0.111. The van der Waals surface area contributed by atoms with Gasteiger partial charge in [-0.1, -0.05) is 96.0 Å². The molecule has 0 bridgehead atoms. The number of benzene rings is 4. The Hall–Kier alpha value is -3.97. The van der Waals surface area contributed by atoms with Crippen molar-refractivity contribution in [2.24, 2.45) is 0 Å². The van der Waals surface area contributed by atoms with E-state index in [1.54, 1.807) is 0 Å². The molecule has 4 aromatic carbocycles. The summed E-state index contributed by atoms with van der Waals surface area (Å²) in [6, 6.07) is 27.8. The third-order valence-electron chi connectivity index (χ3n) is 10.3. The summed E-state index contributed by atoms with van der Waals surface area (Å²) in [5.41, 5.74) is 8.07. The standard InChI is InChI=1S/C22H30N2O.C21H27ClN2O/c1-15-13-16(2)19(17(3)14-15)21(25)23-20(22(4,5)24(6)7)18-11-9-8-10-12-18;1-14-12-13-17(22)15(2)18(14)20(25)23-19(21(3,4)24(5)6)16-10-8-7-9-11-16/h8-14,20H,1-7H3,(H,23,25);7-13,19H,1-6H3,(H,23,25). The molecule has 0 radical (unpaired) electrons. The van der Waals surface area contributed by atoms with Gasteiger partial charge in [-0.05, 0) is 130 Å². The fourth-order valence-electron chi connectivity index (χ4n) is 6.26. The van der Waals surface area contributed by atoms with Crippen LogP contribution in [0.15, 0.2) is 84.9 Å². The van der Waals surface area contributed by atoms with Gasteiger partial charge in [0.05, 0.1) is 12.1 Å². The first-order valence-electron chi connectivity index (χ1n) is 17.2. The molecule has 6 nitrogen and oxygen atoms in total. The number of amides is 2. The monoisotopic (exact) mass is 696 g/mol. The molecule has 0 heterocycles. The third-order valence-corrected chi connectivity index (χ3v) is 10.7. The predicted molar refractivity (Wildman–Crippen MR) is 210 cm³/mol. The minimum absolute atomic E-state index is 0.0150. The van der Waals surface area contributed by atoms with Gasteiger partial charge in [0.1, 0.15) is 0 Å². The van der Waals surface area contributed by atoms with E-state index in [1.807, 2.05) is 117 Å². The van der Waals surface area contributed by atoms with E-state index in [-0.39, 0.29) is 35.0 Å². The lowest BCUT2D eigenvalue weighted by molar-refractivity contribution is 0.0833. The van der Waals surface area contributed by atoms with E-state index in [4.69, 9.17) is 11.6 Å². The number of carbonyl (C=O) groups excluding carboxylic acids is 2. The second-order valence-corrected chi connectivity index (χ2v) is 15.3. The average molecular weight is 697 g/mol. The summed E-state index contributed by atoms with van der Waals surface area (Å²) >= 11 is 6.24. The Morgan fingerprint density at radius 1 is 0.580 bits per heavy atom. The van der Waals surface area contributed by atoms with Crippen LogP contribution < -0.4 is 10.6 Å². The largest absolute Gasteiger partial charge is 0.343 e. The van der Waals surface area contributed by atoms with Crippen LogP contribution in [-0.4, -0.2) is 60.9 Å². The zero-order chi connectivity index (χ0) is 37.6. The topological polar surface area (TPSA) is 64.7 Å². The Balaban J connectivity index is 0.000000270. The molecule has 0 spiro atoms. The molecule has 2 N–H and O–H groups in total. The highest BCUT2D eigenvalue weighted by Crippen LogP contribution is 2.32. The SMILES string of the molecule is Cc1cc(C)c(C(=O)NC(c2ccccc2)C(C)(C)N(C)C)c(C)c1.Cc1ccc(Cl)c(C)c1C(=O)NC(c1ccccc1)C(C)(C)N(C)C. The van der Waals surface area contributed by atoms with Crippen molar-refractivity contribution in [3.63, 3.8) is 0 Å². The van der Waals surface area contributed by atoms with Crippen LogP contribution in [-0.2, 0) is 0 Å². The molecule has 50 heavy (non-hydrogen) atoms. The van der Waals surface area contributed by atoms with Gasteiger partial charge in [0, 0.05) is 27.2 Å². The van der Waals surface area contributed by atoms with E-state index in [1.165, 1.54) is 5.56 Å². The maximum atomic E-state index is 13.1. The Morgan fingerprint density at radius 2 is 0.960 bits per heavy atom. The number of nitrogens with zero attached hydrogens (tertiary/aromatic N) is 2. The van der Waals surface area contributed by atoms with E-state index < -0.39 is 0 Å². The first-order valence-corrected chi connectivity index (χ1v) is 17.6. The Bertz CT molecular complexity index is 1740. The van der Waals surface area contributed by atoms with Crippen LogP contribution in [0.4, 0.5) is 0 Å². The molecule has 0 aliphatic carbocycles. The molecular formula is C43H57ClN4O2. The normalized spacial score (nSPS) is 13.0. The van der Waals surface area contributed by atoms with Crippen molar-refractivity contribution in [3.8, 4) is 0 Å². The molecule has 0 fully saturated rings. The van der Waals surface area contributed by atoms with Crippen molar-refractivity contribution in [2.45, 2.75) is 85.5 Å². The van der Waals surface area contributed by atoms with E-state index >= 15 is 0 Å². The summed E-state index contributed by atoms with van der Waals surface area (Å²) < 4.78 is 0. The van der Waals surface area contributed by atoms with Crippen molar-refractivity contribution in [2.75, 3.05) is 28.2 Å². The molecular weight excluding hydrogens is 640 g/mol. The third kappa shape index (κ3) is 9.42. The number of aryl methyl sites for hydroxylation is 4. The Kier molecular flexibility index (Phi) is 13.6. The predicted octanol–water partition coefficient (Wildman–Crippen LogP) is 9.19. The minimum atomic E-state index is -0.266. The van der Waals surface area contributed by atoms with Crippen LogP contribution in [0.2, 0.25) is 5.02 Å². The lowest BCUT2D eigenvalue weighted by Crippen LogP contribution is -2.51. The van der Waals surface area contributed by atoms with E-state index in [9.17, 15) is 9.59 Å². The zero-order valence-electron chi connectivity index (χ0n) is 32.3. The lowest BCUT2D eigenvalue weighted by Gasteiger charge is -2.41. The molecule has 0 aromatic heterocycles. The van der Waals surface area contributed by atoms with Gasteiger partial charge in [0.15, 0.2) is 0 Å². The number of halogens is 1. The van der Waals surface area contributed by atoms with Crippen LogP contribution in [0.1, 0.15) is 99.4 Å². The highest BCUT2D eigenvalue weighted by molar-refractivity contribution is 6.32. The maximum Gasteiger partial charge on any atom is 0.252 e. The van der Waals surface area contributed by atoms with Gasteiger partial charge in [-0.25, -0.2) is 0 Å². The number of likely N-dealkylation sites (N-methyl/N-ethyl adjacent to an activating group) is 2. The molecule has 7 heteroatoms. The number of hydrogen-bond donors (Lipinski definition) is 2. The van der Waals surface area contributed by atoms with Crippen LogP contribution in [0.3, 0.4) is 0 Å². The van der Waals surface area contributed by atoms with Gasteiger partial charge in [-0.3, -0.25) is 9.59 Å². The van der Waals surface area contributed by atoms with Crippen molar-refractivity contribution < 1.29 is 9.59 Å². The average Bonchev–Trinajstić information content (AvgIpc) is 3.04. The Labute approximate surface area is 306 Å². The molecule has 2 atom stereocenters. The highest BCUT2D eigenvalue weighted by atomic mass is 35.5. The van der Waals surface area contributed by atoms with E-state index in [0.29, 0.717) is 10.6 Å². The van der Waals surface area contributed by atoms with Crippen molar-refractivity contribution in [3.05, 3.63) is 140 Å². The summed E-state index contributed by atoms with van der Waals surface area (Å²) in [4.78, 5) is 30.5. The fraction of sp³-hybridized carbons (Fsp3) is 0.395. The number of carbonyl (C=O) groups is 2. The molecule has 4 aromatic rings. The second-order valence-electron chi connectivity index (χ2n) is 14.9. The molecule has 0 saturated heterocycles. The lowest BCUT2D eigenvalue weighted by atomic mass is 9.87. The molecule has 0 aliphatic heterocycles. The molecule has 268 valence electrons. The second kappa shape index (κ2) is 16.8. The van der Waals surface area contributed by atoms with Gasteiger partial charge in [0.25, 0.3) is 11.8 Å². The van der Waals surface area contributed by atoms with E-state index in [0.717, 1.165) is 38.9 Å². The van der Waals surface area contributed by atoms with Crippen LogP contribution >= 0.6 is 11.6 Å². The molecule has 2 amide bonds. The van der Waals surface area contributed by atoms with Crippen LogP contribution in [0.5, 0.6) is 0 Å². The quantitative estimate of drug-likeness (QED) is 0.174. The number of nitrogens with one attached hydrogen (secondary N) is 2. The van der Waals surface area contributed by atoms with Crippen LogP contribution in [0.25, 0.3) is 0 Å². The summed E-state index contributed by atoms with van der Waals surface area (Å²) in [7, 11) is 8.14. The maximum absolute atomic E-state index is 13.1. The van der Waals surface area contributed by atoms with Crippen molar-refractivity contribution in [1.29, 1.82) is 0 Å². The zero-order valence-corrected chi connectivity index (χ0v) is 33.1. The number of hydrogen-bond acceptors (Lipinski definition) is 4.